The second-order valence-corrected chi connectivity index (χ2v) is 7.24. The number of aromatic nitrogens is 2. The van der Waals surface area contributed by atoms with Crippen molar-refractivity contribution >= 4 is 16.7 Å². The number of hydrogen-bond acceptors (Lipinski definition) is 3. The molecule has 116 valence electrons. The van der Waals surface area contributed by atoms with Gasteiger partial charge in [-0.1, -0.05) is 34.6 Å². The Hall–Kier alpha value is -1.55. The Bertz CT molecular complexity index is 606. The Morgan fingerprint density at radius 2 is 1.95 bits per heavy atom. The number of nitrogens with one attached hydrogen (secondary N) is 2. The van der Waals surface area contributed by atoms with Crippen LogP contribution >= 0.6 is 0 Å². The molecule has 0 saturated carbocycles. The highest BCUT2D eigenvalue weighted by Gasteiger charge is 2.21. The quantitative estimate of drug-likeness (QED) is 0.787. The van der Waals surface area contributed by atoms with Gasteiger partial charge in [-0.05, 0) is 24.6 Å². The molecule has 0 aliphatic rings. The van der Waals surface area contributed by atoms with E-state index in [9.17, 15) is 5.11 Å². The molecular weight excluding hydrogens is 262 g/mol. The molecule has 1 unspecified atom stereocenters. The number of aromatic amines is 1. The number of hydrogen-bond donors (Lipinski definition) is 3. The Morgan fingerprint density at radius 3 is 2.52 bits per heavy atom. The van der Waals surface area contributed by atoms with Crippen LogP contribution in [0, 0.1) is 5.41 Å². The van der Waals surface area contributed by atoms with Crippen molar-refractivity contribution in [3.8, 4) is 0 Å². The summed E-state index contributed by atoms with van der Waals surface area (Å²) in [5.74, 6) is 1.00. The van der Waals surface area contributed by atoms with E-state index in [1.165, 1.54) is 0 Å². The van der Waals surface area contributed by atoms with Gasteiger partial charge in [-0.2, -0.15) is 0 Å². The third-order valence-corrected chi connectivity index (χ3v) is 4.15. The molecule has 21 heavy (non-hydrogen) atoms. The maximum absolute atomic E-state index is 9.47. The molecule has 3 N–H and O–H groups in total. The predicted molar refractivity (Wildman–Crippen MR) is 88.8 cm³/mol. The van der Waals surface area contributed by atoms with Crippen molar-refractivity contribution in [3.05, 3.63) is 24.0 Å². The monoisotopic (exact) mass is 289 g/mol. The first-order chi connectivity index (χ1) is 9.77. The molecule has 4 heteroatoms. The first-order valence-corrected chi connectivity index (χ1v) is 7.62. The van der Waals surface area contributed by atoms with Gasteiger partial charge in [0, 0.05) is 23.1 Å². The van der Waals surface area contributed by atoms with Crippen LogP contribution < -0.4 is 5.32 Å². The maximum Gasteiger partial charge on any atom is 0.112 e. The highest BCUT2D eigenvalue weighted by molar-refractivity contribution is 5.79. The molecule has 0 aliphatic carbocycles. The standard InChI is InChI=1S/C17H27N3O/c1-6-17(5,11-21)10-18-12-7-8-13-14(9-12)20-15(19-13)16(2,3)4/h7-9,18,21H,6,10-11H2,1-5H3,(H,19,20). The maximum atomic E-state index is 9.47. The Kier molecular flexibility index (Phi) is 4.28. The van der Waals surface area contributed by atoms with Crippen molar-refractivity contribution in [3.63, 3.8) is 0 Å². The lowest BCUT2D eigenvalue weighted by Crippen LogP contribution is -2.29. The minimum Gasteiger partial charge on any atom is -0.396 e. The summed E-state index contributed by atoms with van der Waals surface area (Å²) in [6.07, 6.45) is 0.941. The fourth-order valence-electron chi connectivity index (χ4n) is 2.08. The molecule has 0 radical (unpaired) electrons. The van der Waals surface area contributed by atoms with E-state index in [4.69, 9.17) is 0 Å². The highest BCUT2D eigenvalue weighted by Crippen LogP contribution is 2.25. The lowest BCUT2D eigenvalue weighted by molar-refractivity contribution is 0.149. The van der Waals surface area contributed by atoms with Gasteiger partial charge in [0.05, 0.1) is 17.6 Å². The molecule has 0 aliphatic heterocycles. The van der Waals surface area contributed by atoms with Crippen LogP contribution in [0.4, 0.5) is 5.69 Å². The van der Waals surface area contributed by atoms with E-state index in [0.717, 1.165) is 35.5 Å². The molecule has 0 saturated heterocycles. The predicted octanol–water partition coefficient (Wildman–Crippen LogP) is 3.68. The van der Waals surface area contributed by atoms with Gasteiger partial charge in [0.2, 0.25) is 0 Å². The van der Waals surface area contributed by atoms with Crippen molar-refractivity contribution < 1.29 is 5.11 Å². The number of anilines is 1. The molecule has 2 aromatic rings. The summed E-state index contributed by atoms with van der Waals surface area (Å²) in [5, 5.41) is 12.9. The van der Waals surface area contributed by atoms with Gasteiger partial charge in [0.1, 0.15) is 5.82 Å². The number of aliphatic hydroxyl groups is 1. The summed E-state index contributed by atoms with van der Waals surface area (Å²) in [4.78, 5) is 8.04. The average molecular weight is 289 g/mol. The van der Waals surface area contributed by atoms with Crippen molar-refractivity contribution in [1.82, 2.24) is 9.97 Å². The van der Waals surface area contributed by atoms with Gasteiger partial charge in [-0.15, -0.1) is 0 Å². The summed E-state index contributed by atoms with van der Waals surface area (Å²) in [6.45, 7) is 11.6. The van der Waals surface area contributed by atoms with E-state index in [-0.39, 0.29) is 17.4 Å². The average Bonchev–Trinajstić information content (AvgIpc) is 2.88. The van der Waals surface area contributed by atoms with E-state index in [1.54, 1.807) is 0 Å². The molecular formula is C17H27N3O. The summed E-state index contributed by atoms with van der Waals surface area (Å²) >= 11 is 0. The van der Waals surface area contributed by atoms with Crippen LogP contribution in [0.5, 0.6) is 0 Å². The molecule has 0 fully saturated rings. The van der Waals surface area contributed by atoms with Crippen LogP contribution in [-0.4, -0.2) is 28.2 Å². The topological polar surface area (TPSA) is 60.9 Å². The fourth-order valence-corrected chi connectivity index (χ4v) is 2.08. The van der Waals surface area contributed by atoms with Gasteiger partial charge in [0.25, 0.3) is 0 Å². The van der Waals surface area contributed by atoms with Crippen LogP contribution in [0.15, 0.2) is 18.2 Å². The van der Waals surface area contributed by atoms with Crippen LogP contribution in [0.25, 0.3) is 11.0 Å². The molecule has 0 spiro atoms. The highest BCUT2D eigenvalue weighted by atomic mass is 16.3. The van der Waals surface area contributed by atoms with Gasteiger partial charge in [0.15, 0.2) is 0 Å². The summed E-state index contributed by atoms with van der Waals surface area (Å²) < 4.78 is 0. The van der Waals surface area contributed by atoms with Crippen LogP contribution in [0.1, 0.15) is 46.9 Å². The smallest absolute Gasteiger partial charge is 0.112 e. The number of imidazole rings is 1. The van der Waals surface area contributed by atoms with E-state index in [0.29, 0.717) is 0 Å². The zero-order chi connectivity index (χ0) is 15.7. The van der Waals surface area contributed by atoms with E-state index in [2.05, 4.69) is 56.0 Å². The summed E-state index contributed by atoms with van der Waals surface area (Å²) in [5.41, 5.74) is 3.03. The molecule has 2 rings (SSSR count). The van der Waals surface area contributed by atoms with E-state index in [1.807, 2.05) is 12.1 Å². The Labute approximate surface area is 127 Å². The number of H-pyrrole nitrogens is 1. The summed E-state index contributed by atoms with van der Waals surface area (Å²) in [7, 11) is 0. The number of rotatable bonds is 5. The van der Waals surface area contributed by atoms with E-state index < -0.39 is 0 Å². The Morgan fingerprint density at radius 1 is 1.24 bits per heavy atom. The first kappa shape index (κ1) is 15.8. The van der Waals surface area contributed by atoms with Crippen molar-refractivity contribution in [2.45, 2.75) is 46.5 Å². The van der Waals surface area contributed by atoms with E-state index >= 15 is 0 Å². The Balaban J connectivity index is 2.19. The molecule has 1 aromatic carbocycles. The van der Waals surface area contributed by atoms with Crippen molar-refractivity contribution in [1.29, 1.82) is 0 Å². The van der Waals surface area contributed by atoms with Crippen LogP contribution in [0.3, 0.4) is 0 Å². The normalized spacial score (nSPS) is 15.1. The van der Waals surface area contributed by atoms with Gasteiger partial charge in [-0.3, -0.25) is 0 Å². The first-order valence-electron chi connectivity index (χ1n) is 7.62. The SMILES string of the molecule is CCC(C)(CO)CNc1ccc2nc(C(C)(C)C)[nH]c2c1. The largest absolute Gasteiger partial charge is 0.396 e. The van der Waals surface area contributed by atoms with Gasteiger partial charge in [-0.25, -0.2) is 4.98 Å². The van der Waals surface area contributed by atoms with Gasteiger partial charge < -0.3 is 15.4 Å². The fraction of sp³-hybridized carbons (Fsp3) is 0.588. The minimum absolute atomic E-state index is 0.0181. The zero-order valence-electron chi connectivity index (χ0n) is 13.7. The van der Waals surface area contributed by atoms with Crippen molar-refractivity contribution in [2.75, 3.05) is 18.5 Å². The third kappa shape index (κ3) is 3.56. The lowest BCUT2D eigenvalue weighted by Gasteiger charge is -2.26. The number of fused-ring (bicyclic) bond motifs is 1. The van der Waals surface area contributed by atoms with Crippen molar-refractivity contribution in [2.24, 2.45) is 5.41 Å². The number of aliphatic hydroxyl groups excluding tert-OH is 1. The lowest BCUT2D eigenvalue weighted by atomic mass is 9.88. The number of nitrogens with zero attached hydrogens (tertiary/aromatic N) is 1. The van der Waals surface area contributed by atoms with Crippen LogP contribution in [-0.2, 0) is 5.41 Å². The third-order valence-electron chi connectivity index (χ3n) is 4.15. The molecule has 4 nitrogen and oxygen atoms in total. The summed E-state index contributed by atoms with van der Waals surface area (Å²) in [6, 6.07) is 6.17. The second-order valence-electron chi connectivity index (χ2n) is 7.24. The molecule has 0 bridgehead atoms. The molecule has 1 atom stereocenters. The molecule has 0 amide bonds. The second kappa shape index (κ2) is 5.68. The molecule has 1 heterocycles. The zero-order valence-corrected chi connectivity index (χ0v) is 13.7. The minimum atomic E-state index is -0.0838. The molecule has 1 aromatic heterocycles. The van der Waals surface area contributed by atoms with Gasteiger partial charge >= 0.3 is 0 Å². The number of benzene rings is 1. The van der Waals surface area contributed by atoms with Crippen LogP contribution in [0.2, 0.25) is 0 Å².